The number of nitrogens with zero attached hydrogens (tertiary/aromatic N) is 1. The van der Waals surface area contributed by atoms with E-state index in [4.69, 9.17) is 9.47 Å². The van der Waals surface area contributed by atoms with Crippen molar-refractivity contribution >= 4 is 5.97 Å². The molecule has 0 aromatic carbocycles. The van der Waals surface area contributed by atoms with Crippen molar-refractivity contribution in [2.45, 2.75) is 32.8 Å². The van der Waals surface area contributed by atoms with Crippen LogP contribution in [0.5, 0.6) is 0 Å². The number of methoxy groups -OCH3 is 2. The highest BCUT2D eigenvalue weighted by Gasteiger charge is 2.12. The van der Waals surface area contributed by atoms with Gasteiger partial charge in [0.05, 0.1) is 32.3 Å². The Morgan fingerprint density at radius 1 is 1.06 bits per heavy atom. The molecule has 0 fully saturated rings. The third kappa shape index (κ3) is 10.5. The minimum absolute atomic E-state index is 0.130. The number of esters is 1. The molecule has 0 aliphatic heterocycles. The van der Waals surface area contributed by atoms with Gasteiger partial charge in [0, 0.05) is 26.7 Å². The van der Waals surface area contributed by atoms with Crippen LogP contribution in [0.15, 0.2) is 0 Å². The molecule has 0 bridgehead atoms. The van der Waals surface area contributed by atoms with Crippen molar-refractivity contribution in [2.24, 2.45) is 0 Å². The van der Waals surface area contributed by atoms with Gasteiger partial charge in [-0.25, -0.2) is 0 Å². The van der Waals surface area contributed by atoms with Gasteiger partial charge in [-0.15, -0.1) is 0 Å². The number of carbonyl (C=O) groups excluding carboxylic acids is 1. The zero-order valence-corrected chi connectivity index (χ0v) is 12.3. The summed E-state index contributed by atoms with van der Waals surface area (Å²) in [6, 6.07) is 0. The van der Waals surface area contributed by atoms with Crippen LogP contribution in [0.2, 0.25) is 0 Å². The molecule has 0 heterocycles. The third-order valence-electron chi connectivity index (χ3n) is 2.41. The molecule has 0 atom stereocenters. The van der Waals surface area contributed by atoms with Gasteiger partial charge in [-0.05, 0) is 20.8 Å². The molecule has 5 heteroatoms. The molecular formula is C13H27NO4. The van der Waals surface area contributed by atoms with E-state index in [-0.39, 0.29) is 11.6 Å². The fourth-order valence-electron chi connectivity index (χ4n) is 1.39. The van der Waals surface area contributed by atoms with Gasteiger partial charge < -0.3 is 14.2 Å². The highest BCUT2D eigenvalue weighted by molar-refractivity contribution is 5.69. The van der Waals surface area contributed by atoms with E-state index in [1.165, 1.54) is 7.11 Å². The van der Waals surface area contributed by atoms with Crippen molar-refractivity contribution < 1.29 is 19.0 Å². The smallest absolute Gasteiger partial charge is 0.306 e. The molecule has 0 spiro atoms. The summed E-state index contributed by atoms with van der Waals surface area (Å²) in [7, 11) is 3.08. The molecule has 0 aliphatic carbocycles. The first kappa shape index (κ1) is 17.4. The predicted molar refractivity (Wildman–Crippen MR) is 70.7 cm³/mol. The maximum atomic E-state index is 11.1. The van der Waals surface area contributed by atoms with Crippen molar-refractivity contribution in [1.29, 1.82) is 0 Å². The van der Waals surface area contributed by atoms with Gasteiger partial charge in [-0.3, -0.25) is 9.69 Å². The Balaban J connectivity index is 3.94. The van der Waals surface area contributed by atoms with Crippen LogP contribution in [0.3, 0.4) is 0 Å². The molecule has 0 radical (unpaired) electrons. The lowest BCUT2D eigenvalue weighted by Crippen LogP contribution is -2.34. The molecule has 108 valence electrons. The Kier molecular flexibility index (Phi) is 8.97. The van der Waals surface area contributed by atoms with Crippen LogP contribution in [0.25, 0.3) is 0 Å². The quantitative estimate of drug-likeness (QED) is 0.586. The first-order valence-corrected chi connectivity index (χ1v) is 6.31. The molecule has 0 amide bonds. The first-order valence-electron chi connectivity index (χ1n) is 6.31. The van der Waals surface area contributed by atoms with Crippen LogP contribution in [-0.2, 0) is 19.0 Å². The van der Waals surface area contributed by atoms with E-state index in [0.717, 1.165) is 13.1 Å². The zero-order chi connectivity index (χ0) is 14.0. The Labute approximate surface area is 110 Å². The van der Waals surface area contributed by atoms with Crippen molar-refractivity contribution in [3.05, 3.63) is 0 Å². The van der Waals surface area contributed by atoms with E-state index in [0.29, 0.717) is 26.2 Å². The fraction of sp³-hybridized carbons (Fsp3) is 0.923. The van der Waals surface area contributed by atoms with Gasteiger partial charge in [0.2, 0.25) is 0 Å². The van der Waals surface area contributed by atoms with E-state index < -0.39 is 0 Å². The Hall–Kier alpha value is -0.650. The molecule has 0 aromatic heterocycles. The van der Waals surface area contributed by atoms with Crippen molar-refractivity contribution in [3.63, 3.8) is 0 Å². The van der Waals surface area contributed by atoms with Gasteiger partial charge in [0.1, 0.15) is 0 Å². The molecule has 5 nitrogen and oxygen atoms in total. The van der Waals surface area contributed by atoms with Gasteiger partial charge in [0.15, 0.2) is 0 Å². The van der Waals surface area contributed by atoms with Gasteiger partial charge >= 0.3 is 5.97 Å². The Morgan fingerprint density at radius 2 is 1.67 bits per heavy atom. The molecule has 0 rings (SSSR count). The average Bonchev–Trinajstić information content (AvgIpc) is 2.29. The zero-order valence-electron chi connectivity index (χ0n) is 12.3. The summed E-state index contributed by atoms with van der Waals surface area (Å²) in [4.78, 5) is 13.3. The number of hydrogen-bond acceptors (Lipinski definition) is 5. The number of ether oxygens (including phenoxy) is 3. The number of rotatable bonds is 9. The lowest BCUT2D eigenvalue weighted by molar-refractivity contribution is -0.141. The lowest BCUT2D eigenvalue weighted by atomic mass is 10.2. The standard InChI is InChI=1S/C13H27NO4/c1-13(2,3)18-11-9-14(8-10-16-4)7-6-12(15)17-5/h6-11H2,1-5H3. The normalized spacial score (nSPS) is 11.9. The Bertz CT molecular complexity index is 226. The molecule has 18 heavy (non-hydrogen) atoms. The van der Waals surface area contributed by atoms with Crippen molar-refractivity contribution in [1.82, 2.24) is 4.90 Å². The van der Waals surface area contributed by atoms with E-state index in [1.54, 1.807) is 7.11 Å². The maximum Gasteiger partial charge on any atom is 0.306 e. The second kappa shape index (κ2) is 9.30. The highest BCUT2D eigenvalue weighted by atomic mass is 16.5. The molecule has 0 saturated carbocycles. The van der Waals surface area contributed by atoms with Gasteiger partial charge in [-0.2, -0.15) is 0 Å². The topological polar surface area (TPSA) is 48.0 Å². The summed E-state index contributed by atoms with van der Waals surface area (Å²) in [5, 5.41) is 0. The van der Waals surface area contributed by atoms with Crippen LogP contribution in [-0.4, -0.2) is 63.5 Å². The minimum atomic E-state index is -0.186. The van der Waals surface area contributed by atoms with Crippen LogP contribution in [0.1, 0.15) is 27.2 Å². The fourth-order valence-corrected chi connectivity index (χ4v) is 1.39. The van der Waals surface area contributed by atoms with Gasteiger partial charge in [0.25, 0.3) is 0 Å². The maximum absolute atomic E-state index is 11.1. The van der Waals surface area contributed by atoms with Crippen molar-refractivity contribution in [3.8, 4) is 0 Å². The van der Waals surface area contributed by atoms with E-state index in [1.807, 2.05) is 20.8 Å². The molecular weight excluding hydrogens is 234 g/mol. The highest BCUT2D eigenvalue weighted by Crippen LogP contribution is 2.06. The molecule has 0 saturated heterocycles. The summed E-state index contributed by atoms with van der Waals surface area (Å²) in [5.74, 6) is -0.186. The van der Waals surface area contributed by atoms with Crippen LogP contribution in [0.4, 0.5) is 0 Å². The summed E-state index contributed by atoms with van der Waals surface area (Å²) < 4.78 is 15.4. The first-order chi connectivity index (χ1) is 8.39. The van der Waals surface area contributed by atoms with Crippen LogP contribution < -0.4 is 0 Å². The SMILES string of the molecule is COCCN(CCOC(C)(C)C)CCC(=O)OC. The van der Waals surface area contributed by atoms with E-state index in [2.05, 4.69) is 9.64 Å². The molecule has 0 unspecified atom stereocenters. The van der Waals surface area contributed by atoms with Gasteiger partial charge in [-0.1, -0.05) is 0 Å². The molecule has 0 N–H and O–H groups in total. The number of carbonyl (C=O) groups is 1. The largest absolute Gasteiger partial charge is 0.469 e. The van der Waals surface area contributed by atoms with Crippen molar-refractivity contribution in [2.75, 3.05) is 47.1 Å². The van der Waals surface area contributed by atoms with E-state index in [9.17, 15) is 4.79 Å². The summed E-state index contributed by atoms with van der Waals surface area (Å²) >= 11 is 0. The Morgan fingerprint density at radius 3 is 2.17 bits per heavy atom. The minimum Gasteiger partial charge on any atom is -0.469 e. The van der Waals surface area contributed by atoms with Crippen LogP contribution in [0, 0.1) is 0 Å². The second-order valence-electron chi connectivity index (χ2n) is 5.12. The van der Waals surface area contributed by atoms with E-state index >= 15 is 0 Å². The predicted octanol–water partition coefficient (Wildman–Crippen LogP) is 1.31. The van der Waals surface area contributed by atoms with Crippen LogP contribution >= 0.6 is 0 Å². The summed E-state index contributed by atoms with van der Waals surface area (Å²) in [6.07, 6.45) is 0.399. The number of hydrogen-bond donors (Lipinski definition) is 0. The monoisotopic (exact) mass is 261 g/mol. The average molecular weight is 261 g/mol. The summed E-state index contributed by atoms with van der Waals surface area (Å²) in [6.45, 7) is 9.63. The molecule has 0 aliphatic rings. The third-order valence-corrected chi connectivity index (χ3v) is 2.41. The summed E-state index contributed by atoms with van der Waals surface area (Å²) in [5.41, 5.74) is -0.130. The second-order valence-corrected chi connectivity index (χ2v) is 5.12. The lowest BCUT2D eigenvalue weighted by Gasteiger charge is -2.25. The molecule has 0 aromatic rings.